The van der Waals surface area contributed by atoms with Crippen LogP contribution in [0, 0.1) is 6.92 Å². The van der Waals surface area contributed by atoms with Crippen LogP contribution in [0.25, 0.3) is 0 Å². The predicted molar refractivity (Wildman–Crippen MR) is 76.1 cm³/mol. The predicted octanol–water partition coefficient (Wildman–Crippen LogP) is 2.22. The Balaban J connectivity index is 2.11. The summed E-state index contributed by atoms with van der Waals surface area (Å²) < 4.78 is 5.67. The molecule has 0 radical (unpaired) electrons. The monoisotopic (exact) mass is 257 g/mol. The van der Waals surface area contributed by atoms with E-state index in [0.29, 0.717) is 0 Å². The molecule has 3 N–H and O–H groups in total. The van der Waals surface area contributed by atoms with Gasteiger partial charge in [0.2, 0.25) is 0 Å². The summed E-state index contributed by atoms with van der Waals surface area (Å²) in [5.41, 5.74) is 6.43. The SMILES string of the molecule is Cc1cccc(OCC(O)(CN)c2ccccc2)c1. The van der Waals surface area contributed by atoms with Gasteiger partial charge in [-0.1, -0.05) is 42.5 Å². The van der Waals surface area contributed by atoms with Crippen molar-refractivity contribution in [1.29, 1.82) is 0 Å². The highest BCUT2D eigenvalue weighted by Crippen LogP contribution is 2.22. The first-order valence-electron chi connectivity index (χ1n) is 6.31. The lowest BCUT2D eigenvalue weighted by molar-refractivity contribution is -0.00146. The van der Waals surface area contributed by atoms with Crippen LogP contribution < -0.4 is 10.5 Å². The van der Waals surface area contributed by atoms with Gasteiger partial charge in [-0.05, 0) is 30.2 Å². The Morgan fingerprint density at radius 1 is 1.11 bits per heavy atom. The molecule has 3 nitrogen and oxygen atoms in total. The van der Waals surface area contributed by atoms with Crippen molar-refractivity contribution in [3.8, 4) is 5.75 Å². The molecule has 1 unspecified atom stereocenters. The van der Waals surface area contributed by atoms with Gasteiger partial charge in [0, 0.05) is 6.54 Å². The Kier molecular flexibility index (Phi) is 4.20. The van der Waals surface area contributed by atoms with E-state index in [4.69, 9.17) is 10.5 Å². The fraction of sp³-hybridized carbons (Fsp3) is 0.250. The minimum Gasteiger partial charge on any atom is -0.490 e. The number of rotatable bonds is 5. The quantitative estimate of drug-likeness (QED) is 0.863. The lowest BCUT2D eigenvalue weighted by atomic mass is 9.95. The Morgan fingerprint density at radius 3 is 2.47 bits per heavy atom. The average molecular weight is 257 g/mol. The standard InChI is InChI=1S/C16H19NO2/c1-13-6-5-9-15(10-13)19-12-16(18,11-17)14-7-3-2-4-8-14/h2-10,18H,11-12,17H2,1H3. The fourth-order valence-electron chi connectivity index (χ4n) is 1.92. The summed E-state index contributed by atoms with van der Waals surface area (Å²) in [6.45, 7) is 2.25. The van der Waals surface area contributed by atoms with Crippen molar-refractivity contribution in [2.24, 2.45) is 5.73 Å². The van der Waals surface area contributed by atoms with Gasteiger partial charge in [0.05, 0.1) is 0 Å². The zero-order valence-corrected chi connectivity index (χ0v) is 11.0. The summed E-state index contributed by atoms with van der Waals surface area (Å²) in [6.07, 6.45) is 0. The highest BCUT2D eigenvalue weighted by molar-refractivity contribution is 5.28. The maximum absolute atomic E-state index is 10.6. The van der Waals surface area contributed by atoms with Gasteiger partial charge >= 0.3 is 0 Å². The van der Waals surface area contributed by atoms with E-state index in [1.54, 1.807) is 0 Å². The van der Waals surface area contributed by atoms with E-state index in [9.17, 15) is 5.11 Å². The molecule has 0 fully saturated rings. The molecule has 0 saturated heterocycles. The van der Waals surface area contributed by atoms with Crippen LogP contribution in [0.1, 0.15) is 11.1 Å². The van der Waals surface area contributed by atoms with Crippen LogP contribution in [0.4, 0.5) is 0 Å². The largest absolute Gasteiger partial charge is 0.490 e. The summed E-state index contributed by atoms with van der Waals surface area (Å²) in [5.74, 6) is 0.739. The molecule has 1 atom stereocenters. The van der Waals surface area contributed by atoms with Crippen LogP contribution >= 0.6 is 0 Å². The van der Waals surface area contributed by atoms with Gasteiger partial charge in [0.1, 0.15) is 18.0 Å². The molecule has 0 aliphatic rings. The van der Waals surface area contributed by atoms with Gasteiger partial charge in [0.15, 0.2) is 0 Å². The Hall–Kier alpha value is -1.84. The number of nitrogens with two attached hydrogens (primary N) is 1. The molecule has 2 aromatic rings. The molecule has 0 aromatic heterocycles. The van der Waals surface area contributed by atoms with Crippen LogP contribution in [0.2, 0.25) is 0 Å². The number of ether oxygens (including phenoxy) is 1. The van der Waals surface area contributed by atoms with Crippen LogP contribution in [0.3, 0.4) is 0 Å². The van der Waals surface area contributed by atoms with Gasteiger partial charge in [-0.15, -0.1) is 0 Å². The fourth-order valence-corrected chi connectivity index (χ4v) is 1.92. The number of hydrogen-bond acceptors (Lipinski definition) is 3. The van der Waals surface area contributed by atoms with Crippen molar-refractivity contribution in [3.63, 3.8) is 0 Å². The van der Waals surface area contributed by atoms with E-state index in [2.05, 4.69) is 0 Å². The second-order valence-electron chi connectivity index (χ2n) is 4.71. The molecule has 0 saturated carbocycles. The van der Waals surface area contributed by atoms with Crippen molar-refractivity contribution in [3.05, 3.63) is 65.7 Å². The van der Waals surface area contributed by atoms with Crippen LogP contribution in [0.15, 0.2) is 54.6 Å². The lowest BCUT2D eigenvalue weighted by Crippen LogP contribution is -2.40. The average Bonchev–Trinajstić information content (AvgIpc) is 2.46. The Morgan fingerprint density at radius 2 is 1.84 bits per heavy atom. The molecule has 2 rings (SSSR count). The Bertz CT molecular complexity index is 527. The van der Waals surface area contributed by atoms with Crippen molar-refractivity contribution >= 4 is 0 Å². The van der Waals surface area contributed by atoms with Gasteiger partial charge in [0.25, 0.3) is 0 Å². The minimum atomic E-state index is -1.16. The summed E-state index contributed by atoms with van der Waals surface area (Å²) in [4.78, 5) is 0. The van der Waals surface area contributed by atoms with Crippen molar-refractivity contribution in [2.45, 2.75) is 12.5 Å². The third kappa shape index (κ3) is 3.34. The van der Waals surface area contributed by atoms with Crippen LogP contribution in [-0.2, 0) is 5.60 Å². The molecular weight excluding hydrogens is 238 g/mol. The lowest BCUT2D eigenvalue weighted by Gasteiger charge is -2.27. The van der Waals surface area contributed by atoms with E-state index in [-0.39, 0.29) is 13.2 Å². The highest BCUT2D eigenvalue weighted by atomic mass is 16.5. The Labute approximate surface area is 113 Å². The van der Waals surface area contributed by atoms with Crippen LogP contribution in [0.5, 0.6) is 5.75 Å². The maximum atomic E-state index is 10.6. The molecule has 3 heteroatoms. The first-order valence-corrected chi connectivity index (χ1v) is 6.31. The normalized spacial score (nSPS) is 13.8. The van der Waals surface area contributed by atoms with Gasteiger partial charge in [-0.3, -0.25) is 0 Å². The molecule has 0 aliphatic carbocycles. The number of benzene rings is 2. The molecule has 0 heterocycles. The molecule has 100 valence electrons. The molecule has 0 amide bonds. The minimum absolute atomic E-state index is 0.114. The molecule has 2 aromatic carbocycles. The van der Waals surface area contributed by atoms with Gasteiger partial charge < -0.3 is 15.6 Å². The zero-order valence-electron chi connectivity index (χ0n) is 11.0. The number of aryl methyl sites for hydroxylation is 1. The van der Waals surface area contributed by atoms with E-state index in [1.807, 2.05) is 61.5 Å². The molecular formula is C16H19NO2. The first-order chi connectivity index (χ1) is 9.14. The van der Waals surface area contributed by atoms with Crippen LogP contribution in [-0.4, -0.2) is 18.3 Å². The molecule has 0 bridgehead atoms. The van der Waals surface area contributed by atoms with Crippen molar-refractivity contribution < 1.29 is 9.84 Å². The number of hydrogen-bond donors (Lipinski definition) is 2. The summed E-state index contributed by atoms with van der Waals surface area (Å²) in [7, 11) is 0. The molecule has 19 heavy (non-hydrogen) atoms. The zero-order chi connectivity index (χ0) is 13.7. The maximum Gasteiger partial charge on any atom is 0.136 e. The summed E-state index contributed by atoms with van der Waals surface area (Å²) in [5, 5.41) is 10.6. The number of aliphatic hydroxyl groups is 1. The topological polar surface area (TPSA) is 55.5 Å². The first kappa shape index (κ1) is 13.6. The highest BCUT2D eigenvalue weighted by Gasteiger charge is 2.28. The molecule has 0 aliphatic heterocycles. The second kappa shape index (κ2) is 5.87. The molecule has 0 spiro atoms. The third-order valence-corrected chi connectivity index (χ3v) is 3.12. The summed E-state index contributed by atoms with van der Waals surface area (Å²) in [6, 6.07) is 17.1. The smallest absolute Gasteiger partial charge is 0.136 e. The van der Waals surface area contributed by atoms with Crippen molar-refractivity contribution in [1.82, 2.24) is 0 Å². The van der Waals surface area contributed by atoms with E-state index >= 15 is 0 Å². The van der Waals surface area contributed by atoms with Gasteiger partial charge in [-0.25, -0.2) is 0 Å². The third-order valence-electron chi connectivity index (χ3n) is 3.12. The van der Waals surface area contributed by atoms with E-state index < -0.39 is 5.60 Å². The van der Waals surface area contributed by atoms with Gasteiger partial charge in [-0.2, -0.15) is 0 Å². The second-order valence-corrected chi connectivity index (χ2v) is 4.71. The van der Waals surface area contributed by atoms with E-state index in [0.717, 1.165) is 16.9 Å². The van der Waals surface area contributed by atoms with Crippen molar-refractivity contribution in [2.75, 3.05) is 13.2 Å². The van der Waals surface area contributed by atoms with E-state index in [1.165, 1.54) is 0 Å². The summed E-state index contributed by atoms with van der Waals surface area (Å²) >= 11 is 0.